The highest BCUT2D eigenvalue weighted by Gasteiger charge is 2.33. The molecule has 6 heteroatoms. The van der Waals surface area contributed by atoms with E-state index in [0.29, 0.717) is 22.2 Å². The van der Waals surface area contributed by atoms with Crippen molar-refractivity contribution in [1.82, 2.24) is 5.32 Å². The van der Waals surface area contributed by atoms with Crippen molar-refractivity contribution in [2.24, 2.45) is 5.92 Å². The van der Waals surface area contributed by atoms with E-state index in [9.17, 15) is 8.42 Å². The highest BCUT2D eigenvalue weighted by atomic mass is 35.5. The molecule has 0 amide bonds. The van der Waals surface area contributed by atoms with Crippen LogP contribution in [-0.2, 0) is 16.3 Å². The molecule has 1 aliphatic heterocycles. The Hall–Kier alpha value is -0.290. The molecule has 1 aromatic rings. The maximum absolute atomic E-state index is 11.6. The van der Waals surface area contributed by atoms with E-state index in [1.807, 2.05) is 13.0 Å². The van der Waals surface area contributed by atoms with Gasteiger partial charge in [0.05, 0.1) is 11.5 Å². The molecular weight excluding hydrogens is 317 g/mol. The van der Waals surface area contributed by atoms with E-state index in [4.69, 9.17) is 23.2 Å². The van der Waals surface area contributed by atoms with Crippen molar-refractivity contribution < 1.29 is 8.42 Å². The van der Waals surface area contributed by atoms with Crippen LogP contribution in [0.4, 0.5) is 0 Å². The van der Waals surface area contributed by atoms with Gasteiger partial charge in [0.15, 0.2) is 9.84 Å². The highest BCUT2D eigenvalue weighted by Crippen LogP contribution is 2.27. The zero-order chi connectivity index (χ0) is 14.8. The first-order chi connectivity index (χ1) is 9.41. The second-order valence-corrected chi connectivity index (χ2v) is 8.34. The maximum Gasteiger partial charge on any atom is 0.150 e. The van der Waals surface area contributed by atoms with Gasteiger partial charge in [-0.05, 0) is 49.1 Å². The Morgan fingerprint density at radius 2 is 2.15 bits per heavy atom. The fourth-order valence-corrected chi connectivity index (χ4v) is 5.01. The first-order valence-electron chi connectivity index (χ1n) is 6.79. The zero-order valence-electron chi connectivity index (χ0n) is 11.4. The summed E-state index contributed by atoms with van der Waals surface area (Å²) in [5.41, 5.74) is 0.967. The second kappa shape index (κ2) is 6.65. The number of hydrogen-bond acceptors (Lipinski definition) is 3. The van der Waals surface area contributed by atoms with Gasteiger partial charge in [0.25, 0.3) is 0 Å². The molecule has 0 bridgehead atoms. The van der Waals surface area contributed by atoms with Gasteiger partial charge in [-0.2, -0.15) is 0 Å². The summed E-state index contributed by atoms with van der Waals surface area (Å²) in [5, 5.41) is 4.72. The van der Waals surface area contributed by atoms with Crippen LogP contribution in [0.2, 0.25) is 10.0 Å². The first-order valence-corrected chi connectivity index (χ1v) is 9.36. The largest absolute Gasteiger partial charge is 0.314 e. The van der Waals surface area contributed by atoms with Crippen LogP contribution in [0, 0.1) is 5.92 Å². The van der Waals surface area contributed by atoms with E-state index < -0.39 is 9.84 Å². The summed E-state index contributed by atoms with van der Waals surface area (Å²) >= 11 is 12.2. The predicted octanol–water partition coefficient (Wildman–Crippen LogP) is 2.95. The Kier molecular flexibility index (Phi) is 5.35. The molecule has 0 aromatic heterocycles. The smallest absolute Gasteiger partial charge is 0.150 e. The van der Waals surface area contributed by atoms with Crippen molar-refractivity contribution in [3.63, 3.8) is 0 Å². The van der Waals surface area contributed by atoms with Crippen molar-refractivity contribution in [2.45, 2.75) is 25.8 Å². The van der Waals surface area contributed by atoms with Crippen LogP contribution in [0.25, 0.3) is 0 Å². The minimum Gasteiger partial charge on any atom is -0.314 e. The average molecular weight is 336 g/mol. The molecule has 2 unspecified atom stereocenters. The second-order valence-electron chi connectivity index (χ2n) is 5.27. The van der Waals surface area contributed by atoms with Crippen LogP contribution in [0.3, 0.4) is 0 Å². The Labute approximate surface area is 130 Å². The van der Waals surface area contributed by atoms with Crippen LogP contribution in [0.1, 0.15) is 18.9 Å². The summed E-state index contributed by atoms with van der Waals surface area (Å²) in [6, 6.07) is 5.52. The van der Waals surface area contributed by atoms with Crippen LogP contribution < -0.4 is 5.32 Å². The van der Waals surface area contributed by atoms with E-state index in [2.05, 4.69) is 5.32 Å². The molecule has 1 saturated heterocycles. The number of nitrogens with one attached hydrogen (secondary N) is 1. The van der Waals surface area contributed by atoms with Crippen LogP contribution in [-0.4, -0.2) is 32.5 Å². The molecule has 0 saturated carbocycles. The van der Waals surface area contributed by atoms with Gasteiger partial charge in [0.2, 0.25) is 0 Å². The van der Waals surface area contributed by atoms with Gasteiger partial charge in [-0.25, -0.2) is 8.42 Å². The molecule has 112 valence electrons. The summed E-state index contributed by atoms with van der Waals surface area (Å²) in [4.78, 5) is 0. The molecule has 20 heavy (non-hydrogen) atoms. The summed E-state index contributed by atoms with van der Waals surface area (Å²) < 4.78 is 23.3. The van der Waals surface area contributed by atoms with E-state index >= 15 is 0 Å². The zero-order valence-corrected chi connectivity index (χ0v) is 13.7. The summed E-state index contributed by atoms with van der Waals surface area (Å²) in [5.74, 6) is 0.709. The quantitative estimate of drug-likeness (QED) is 0.899. The molecule has 0 aliphatic carbocycles. The van der Waals surface area contributed by atoms with Gasteiger partial charge in [-0.1, -0.05) is 30.1 Å². The standard InChI is InChI=1S/C14H19Cl2NO2S/c1-2-17-14(10-5-6-20(18,19)9-10)8-11-7-12(15)3-4-13(11)16/h3-4,7,10,14,17H,2,5-6,8-9H2,1H3. The SMILES string of the molecule is CCNC(Cc1cc(Cl)ccc1Cl)C1CCS(=O)(=O)C1. The number of halogens is 2. The summed E-state index contributed by atoms with van der Waals surface area (Å²) in [7, 11) is -2.87. The Balaban J connectivity index is 2.15. The molecule has 0 spiro atoms. The summed E-state index contributed by atoms with van der Waals surface area (Å²) in [6.45, 7) is 2.83. The van der Waals surface area contributed by atoms with Gasteiger partial charge in [-0.3, -0.25) is 0 Å². The molecular formula is C14H19Cl2NO2S. The number of sulfone groups is 1. The molecule has 1 heterocycles. The van der Waals surface area contributed by atoms with Gasteiger partial charge < -0.3 is 5.32 Å². The number of rotatable bonds is 5. The van der Waals surface area contributed by atoms with Crippen molar-refractivity contribution in [3.05, 3.63) is 33.8 Å². The fourth-order valence-electron chi connectivity index (χ4n) is 2.75. The van der Waals surface area contributed by atoms with Crippen molar-refractivity contribution in [1.29, 1.82) is 0 Å². The van der Waals surface area contributed by atoms with E-state index in [-0.39, 0.29) is 17.7 Å². The Bertz CT molecular complexity index is 575. The highest BCUT2D eigenvalue weighted by molar-refractivity contribution is 7.91. The fraction of sp³-hybridized carbons (Fsp3) is 0.571. The maximum atomic E-state index is 11.6. The monoisotopic (exact) mass is 335 g/mol. The molecule has 1 N–H and O–H groups in total. The van der Waals surface area contributed by atoms with E-state index in [0.717, 1.165) is 18.5 Å². The number of benzene rings is 1. The molecule has 1 fully saturated rings. The van der Waals surface area contributed by atoms with Crippen molar-refractivity contribution in [3.8, 4) is 0 Å². The van der Waals surface area contributed by atoms with Gasteiger partial charge in [0.1, 0.15) is 0 Å². The topological polar surface area (TPSA) is 46.2 Å². The molecule has 0 radical (unpaired) electrons. The number of likely N-dealkylation sites (N-methyl/N-ethyl adjacent to an activating group) is 1. The van der Waals surface area contributed by atoms with Crippen LogP contribution >= 0.6 is 23.2 Å². The Morgan fingerprint density at radius 3 is 2.75 bits per heavy atom. The molecule has 2 rings (SSSR count). The molecule has 1 aromatic carbocycles. The van der Waals surface area contributed by atoms with E-state index in [1.165, 1.54) is 0 Å². The Morgan fingerprint density at radius 1 is 1.40 bits per heavy atom. The molecule has 3 nitrogen and oxygen atoms in total. The normalized spacial score (nSPS) is 22.9. The lowest BCUT2D eigenvalue weighted by molar-refractivity contribution is 0.386. The first kappa shape index (κ1) is 16.1. The van der Waals surface area contributed by atoms with Gasteiger partial charge in [0, 0.05) is 16.1 Å². The lowest BCUT2D eigenvalue weighted by atomic mass is 9.93. The predicted molar refractivity (Wildman–Crippen MR) is 84.4 cm³/mol. The third-order valence-corrected chi connectivity index (χ3v) is 6.15. The summed E-state index contributed by atoms with van der Waals surface area (Å²) in [6.07, 6.45) is 1.42. The van der Waals surface area contributed by atoms with Crippen LogP contribution in [0.15, 0.2) is 18.2 Å². The third kappa shape index (κ3) is 4.10. The minimum atomic E-state index is -2.87. The lowest BCUT2D eigenvalue weighted by Gasteiger charge is -2.24. The van der Waals surface area contributed by atoms with Crippen molar-refractivity contribution in [2.75, 3.05) is 18.1 Å². The van der Waals surface area contributed by atoms with Crippen molar-refractivity contribution >= 4 is 33.0 Å². The molecule has 2 atom stereocenters. The van der Waals surface area contributed by atoms with Gasteiger partial charge in [-0.15, -0.1) is 0 Å². The minimum absolute atomic E-state index is 0.119. The third-order valence-electron chi connectivity index (χ3n) is 3.75. The number of hydrogen-bond donors (Lipinski definition) is 1. The van der Waals surface area contributed by atoms with E-state index in [1.54, 1.807) is 12.1 Å². The lowest BCUT2D eigenvalue weighted by Crippen LogP contribution is -2.38. The van der Waals surface area contributed by atoms with Gasteiger partial charge >= 0.3 is 0 Å². The molecule has 1 aliphatic rings. The van der Waals surface area contributed by atoms with Crippen LogP contribution in [0.5, 0.6) is 0 Å². The average Bonchev–Trinajstić information content (AvgIpc) is 2.73.